The third-order valence-corrected chi connectivity index (χ3v) is 6.99. The van der Waals surface area contributed by atoms with Crippen LogP contribution in [0.2, 0.25) is 0 Å². The zero-order valence-corrected chi connectivity index (χ0v) is 21.2. The van der Waals surface area contributed by atoms with Gasteiger partial charge in [-0.3, -0.25) is 0 Å². The Morgan fingerprint density at radius 2 is 1.79 bits per heavy atom. The summed E-state index contributed by atoms with van der Waals surface area (Å²) in [5.41, 5.74) is 2.60. The van der Waals surface area contributed by atoms with Crippen molar-refractivity contribution in [3.05, 3.63) is 64.3 Å². The van der Waals surface area contributed by atoms with Crippen molar-refractivity contribution in [2.75, 3.05) is 13.4 Å². The van der Waals surface area contributed by atoms with Crippen molar-refractivity contribution in [3.63, 3.8) is 0 Å². The number of nitrogens with zero attached hydrogens (tertiary/aromatic N) is 4. The fourth-order valence-corrected chi connectivity index (χ4v) is 4.69. The number of hydrogen-bond donors (Lipinski definition) is 0. The minimum absolute atomic E-state index is 0.0508. The van der Waals surface area contributed by atoms with Crippen molar-refractivity contribution in [1.29, 1.82) is 0 Å². The van der Waals surface area contributed by atoms with Gasteiger partial charge < -0.3 is 9.15 Å². The minimum Gasteiger partial charge on any atom is -0.464 e. The number of methoxy groups -OCH3 is 1. The number of sulfone groups is 1. The van der Waals surface area contributed by atoms with E-state index >= 15 is 0 Å². The Balaban J connectivity index is 1.91. The van der Waals surface area contributed by atoms with E-state index in [0.717, 1.165) is 17.5 Å². The van der Waals surface area contributed by atoms with E-state index < -0.39 is 15.8 Å². The van der Waals surface area contributed by atoms with Gasteiger partial charge in [-0.05, 0) is 51.7 Å². The molecule has 0 radical (unpaired) electrons. The predicted molar refractivity (Wildman–Crippen MR) is 129 cm³/mol. The van der Waals surface area contributed by atoms with E-state index in [4.69, 9.17) is 9.15 Å². The molecule has 2 aromatic carbocycles. The van der Waals surface area contributed by atoms with Crippen molar-refractivity contribution < 1.29 is 22.4 Å². The van der Waals surface area contributed by atoms with Gasteiger partial charge >= 0.3 is 5.97 Å². The molecule has 34 heavy (non-hydrogen) atoms. The smallest absolute Gasteiger partial charge is 0.359 e. The summed E-state index contributed by atoms with van der Waals surface area (Å²) in [7, 11) is -2.14. The third-order valence-electron chi connectivity index (χ3n) is 5.13. The zero-order valence-electron chi connectivity index (χ0n) is 18.8. The van der Waals surface area contributed by atoms with Crippen LogP contribution in [0.25, 0.3) is 28.7 Å². The Morgan fingerprint density at radius 3 is 2.47 bits per heavy atom. The number of rotatable bonds is 6. The highest BCUT2D eigenvalue weighted by atomic mass is 79.9. The second-order valence-electron chi connectivity index (χ2n) is 7.84. The maximum Gasteiger partial charge on any atom is 0.359 e. The molecular formula is C23H21BrN4O5S. The van der Waals surface area contributed by atoms with E-state index in [0.29, 0.717) is 15.7 Å². The van der Waals surface area contributed by atoms with E-state index in [-0.39, 0.29) is 28.3 Å². The second kappa shape index (κ2) is 9.15. The average molecular weight is 545 g/mol. The van der Waals surface area contributed by atoms with Gasteiger partial charge in [-0.1, -0.05) is 38.1 Å². The summed E-state index contributed by atoms with van der Waals surface area (Å²) in [5.74, 6) is -0.246. The number of esters is 1. The summed E-state index contributed by atoms with van der Waals surface area (Å²) in [4.78, 5) is 12.5. The molecule has 0 bridgehead atoms. The summed E-state index contributed by atoms with van der Waals surface area (Å²) < 4.78 is 36.6. The Bertz CT molecular complexity index is 1490. The molecular weight excluding hydrogens is 524 g/mol. The Labute approximate surface area is 204 Å². The van der Waals surface area contributed by atoms with Gasteiger partial charge in [0, 0.05) is 11.8 Å². The lowest BCUT2D eigenvalue weighted by atomic mass is 10.0. The van der Waals surface area contributed by atoms with Crippen LogP contribution >= 0.6 is 15.9 Å². The first-order valence-electron chi connectivity index (χ1n) is 10.2. The number of carbonyl (C=O) groups excluding carboxylic acids is 1. The maximum atomic E-state index is 12.4. The summed E-state index contributed by atoms with van der Waals surface area (Å²) in [6.45, 7) is 4.11. The molecule has 0 aliphatic carbocycles. The predicted octanol–water partition coefficient (Wildman–Crippen LogP) is 4.67. The van der Waals surface area contributed by atoms with E-state index in [9.17, 15) is 13.2 Å². The van der Waals surface area contributed by atoms with E-state index in [1.54, 1.807) is 16.8 Å². The van der Waals surface area contributed by atoms with Crippen LogP contribution in [0.1, 0.15) is 35.8 Å². The first-order chi connectivity index (χ1) is 16.1. The lowest BCUT2D eigenvalue weighted by Crippen LogP contribution is -2.07. The zero-order chi connectivity index (χ0) is 24.6. The molecule has 0 N–H and O–H groups in total. The number of ether oxygens (including phenoxy) is 1. The standard InChI is InChI=1S/C23H21BrN4O5S/c1-13(2)16-10-5-6-11-17(16)28-20(18(24)19(27-28)23(29)32-3)22-26-25-21(33-22)14-8-7-9-15(12-14)34(4,30)31/h5-13H,1-4H3. The van der Waals surface area contributed by atoms with Crippen molar-refractivity contribution in [1.82, 2.24) is 20.0 Å². The van der Waals surface area contributed by atoms with Gasteiger partial charge in [0.25, 0.3) is 5.89 Å². The molecule has 0 aliphatic rings. The Hall–Kier alpha value is -3.31. The molecule has 0 spiro atoms. The molecule has 176 valence electrons. The first-order valence-corrected chi connectivity index (χ1v) is 12.9. The van der Waals surface area contributed by atoms with Gasteiger partial charge in [0.15, 0.2) is 15.5 Å². The number of halogens is 1. The van der Waals surface area contributed by atoms with Crippen LogP contribution in [0.3, 0.4) is 0 Å². The number of benzene rings is 2. The number of carbonyl (C=O) groups is 1. The van der Waals surface area contributed by atoms with Crippen molar-refractivity contribution in [3.8, 4) is 28.7 Å². The van der Waals surface area contributed by atoms with Gasteiger partial charge in [-0.25, -0.2) is 17.9 Å². The van der Waals surface area contributed by atoms with E-state index in [1.165, 1.54) is 19.2 Å². The average Bonchev–Trinajstić information content (AvgIpc) is 3.42. The van der Waals surface area contributed by atoms with E-state index in [2.05, 4.69) is 45.1 Å². The molecule has 0 amide bonds. The molecule has 0 atom stereocenters. The minimum atomic E-state index is -3.41. The molecule has 9 nitrogen and oxygen atoms in total. The molecule has 2 aromatic heterocycles. The fraction of sp³-hybridized carbons (Fsp3) is 0.217. The first kappa shape index (κ1) is 23.8. The molecule has 11 heteroatoms. The van der Waals surface area contributed by atoms with Gasteiger partial charge in [0.1, 0.15) is 5.69 Å². The van der Waals surface area contributed by atoms with Gasteiger partial charge in [0.2, 0.25) is 5.89 Å². The lowest BCUT2D eigenvalue weighted by molar-refractivity contribution is 0.0592. The van der Waals surface area contributed by atoms with Crippen LogP contribution in [0.5, 0.6) is 0 Å². The molecule has 0 saturated carbocycles. The van der Waals surface area contributed by atoms with E-state index in [1.807, 2.05) is 24.3 Å². The summed E-state index contributed by atoms with van der Waals surface area (Å²) in [5, 5.41) is 12.8. The maximum absolute atomic E-state index is 12.4. The lowest BCUT2D eigenvalue weighted by Gasteiger charge is -2.13. The van der Waals surface area contributed by atoms with Crippen LogP contribution in [0.15, 0.2) is 62.3 Å². The Morgan fingerprint density at radius 1 is 1.09 bits per heavy atom. The van der Waals surface area contributed by atoms with Crippen molar-refractivity contribution in [2.24, 2.45) is 0 Å². The normalized spacial score (nSPS) is 11.7. The van der Waals surface area contributed by atoms with Crippen molar-refractivity contribution in [2.45, 2.75) is 24.7 Å². The van der Waals surface area contributed by atoms with Crippen LogP contribution in [-0.2, 0) is 14.6 Å². The highest BCUT2D eigenvalue weighted by Gasteiger charge is 2.28. The quantitative estimate of drug-likeness (QED) is 0.321. The van der Waals surface area contributed by atoms with Crippen LogP contribution in [-0.4, -0.2) is 47.7 Å². The SMILES string of the molecule is COC(=O)c1nn(-c2ccccc2C(C)C)c(-c2nnc(-c3cccc(S(C)(=O)=O)c3)o2)c1Br. The largest absolute Gasteiger partial charge is 0.464 e. The molecule has 4 aromatic rings. The summed E-state index contributed by atoms with van der Waals surface area (Å²) in [6, 6.07) is 13.9. The monoisotopic (exact) mass is 544 g/mol. The Kier molecular flexibility index (Phi) is 6.41. The number of hydrogen-bond acceptors (Lipinski definition) is 8. The second-order valence-corrected chi connectivity index (χ2v) is 10.6. The molecule has 0 aliphatic heterocycles. The highest BCUT2D eigenvalue weighted by molar-refractivity contribution is 9.10. The highest BCUT2D eigenvalue weighted by Crippen LogP contribution is 2.36. The van der Waals surface area contributed by atoms with Gasteiger partial charge in [-0.15, -0.1) is 10.2 Å². The van der Waals surface area contributed by atoms with Crippen LogP contribution < -0.4 is 0 Å². The molecule has 0 fully saturated rings. The van der Waals surface area contributed by atoms with Crippen LogP contribution in [0.4, 0.5) is 0 Å². The molecule has 0 saturated heterocycles. The van der Waals surface area contributed by atoms with Crippen molar-refractivity contribution >= 4 is 31.7 Å². The van der Waals surface area contributed by atoms with Gasteiger partial charge in [-0.2, -0.15) is 5.10 Å². The topological polar surface area (TPSA) is 117 Å². The molecule has 0 unspecified atom stereocenters. The van der Waals surface area contributed by atoms with Crippen LogP contribution in [0, 0.1) is 0 Å². The number of aromatic nitrogens is 4. The van der Waals surface area contributed by atoms with Gasteiger partial charge in [0.05, 0.1) is 22.2 Å². The third kappa shape index (κ3) is 4.40. The molecule has 4 rings (SSSR count). The fourth-order valence-electron chi connectivity index (χ4n) is 3.45. The summed E-state index contributed by atoms with van der Waals surface area (Å²) in [6.07, 6.45) is 1.13. The number of para-hydroxylation sites is 1. The summed E-state index contributed by atoms with van der Waals surface area (Å²) >= 11 is 3.45. The molecule has 2 heterocycles.